The van der Waals surface area contributed by atoms with Crippen LogP contribution in [0.4, 0.5) is 16.2 Å². The molecule has 1 saturated heterocycles. The lowest BCUT2D eigenvalue weighted by Gasteiger charge is -2.60. The van der Waals surface area contributed by atoms with Crippen molar-refractivity contribution in [2.24, 2.45) is 0 Å². The van der Waals surface area contributed by atoms with Crippen LogP contribution in [0, 0.1) is 0 Å². The summed E-state index contributed by atoms with van der Waals surface area (Å²) >= 11 is 3.78. The highest BCUT2D eigenvalue weighted by atomic mass is 79.9. The standard InChI is InChI=1S/C26H30BrN3O4.CH4O.H2O/c1-24(2,3)34-23(33)30-18-10-6-5-8-16(18)25(13-15-31)21(32)28-14-12-26(25)20-17(27)9-7-11-19(20)29(4)22(26)30;1-2;/h5-11,22,31H,12-15H2,1-4H3,(H,28,32);2H,1H3;1H2/t22-,25-,26-;;/m0../s1. The number of aliphatic hydroxyl groups excluding tert-OH is 2. The Morgan fingerprint density at radius 1 is 1.16 bits per heavy atom. The maximum Gasteiger partial charge on any atom is 0.416 e. The Hall–Kier alpha value is -2.66. The van der Waals surface area contributed by atoms with E-state index in [2.05, 4.69) is 26.1 Å². The number of fused-ring (bicyclic) bond motifs is 3. The molecule has 3 aliphatic rings. The molecule has 5 rings (SSSR count). The minimum atomic E-state index is -1.07. The van der Waals surface area contributed by atoms with Gasteiger partial charge in [0.1, 0.15) is 11.8 Å². The first-order valence-corrected chi connectivity index (χ1v) is 12.9. The number of ether oxygens (including phenoxy) is 1. The minimum absolute atomic E-state index is 0. The number of benzene rings is 2. The number of hydrogen-bond acceptors (Lipinski definition) is 6. The molecule has 0 aliphatic carbocycles. The van der Waals surface area contributed by atoms with Crippen LogP contribution in [0.1, 0.15) is 44.7 Å². The van der Waals surface area contributed by atoms with Crippen LogP contribution in [0.15, 0.2) is 46.9 Å². The largest absolute Gasteiger partial charge is 0.443 e. The van der Waals surface area contributed by atoms with E-state index in [1.807, 2.05) is 70.3 Å². The number of rotatable bonds is 2. The molecular formula is C27H36BrN3O6. The highest BCUT2D eigenvalue weighted by molar-refractivity contribution is 9.10. The van der Waals surface area contributed by atoms with Gasteiger partial charge in [0.25, 0.3) is 0 Å². The van der Waals surface area contributed by atoms with Crippen LogP contribution in [-0.2, 0) is 20.4 Å². The second kappa shape index (κ2) is 10.2. The van der Waals surface area contributed by atoms with Gasteiger partial charge in [-0.05, 0) is 57.4 Å². The van der Waals surface area contributed by atoms with E-state index in [9.17, 15) is 14.7 Å². The maximum atomic E-state index is 14.0. The van der Waals surface area contributed by atoms with E-state index in [1.165, 1.54) is 0 Å². The molecule has 9 nitrogen and oxygen atoms in total. The number of hydrogen-bond donors (Lipinski definition) is 3. The molecule has 2 amide bonds. The molecule has 3 aliphatic heterocycles. The zero-order valence-corrected chi connectivity index (χ0v) is 23.4. The number of likely N-dealkylation sites (N-methyl/N-ethyl adjacent to an activating group) is 1. The minimum Gasteiger partial charge on any atom is -0.443 e. The van der Waals surface area contributed by atoms with Crippen molar-refractivity contribution in [2.75, 3.05) is 37.1 Å². The van der Waals surface area contributed by atoms with E-state index in [-0.39, 0.29) is 24.4 Å². The molecule has 202 valence electrons. The molecule has 37 heavy (non-hydrogen) atoms. The number of para-hydroxylation sites is 1. The van der Waals surface area contributed by atoms with E-state index in [0.717, 1.165) is 28.4 Å². The summed E-state index contributed by atoms with van der Waals surface area (Å²) in [7, 11) is 2.96. The van der Waals surface area contributed by atoms with E-state index < -0.39 is 28.7 Å². The van der Waals surface area contributed by atoms with Crippen LogP contribution in [0.25, 0.3) is 0 Å². The van der Waals surface area contributed by atoms with Gasteiger partial charge >= 0.3 is 6.09 Å². The molecule has 0 radical (unpaired) electrons. The van der Waals surface area contributed by atoms with Gasteiger partial charge in [0.2, 0.25) is 5.91 Å². The first-order chi connectivity index (χ1) is 17.1. The lowest BCUT2D eigenvalue weighted by molar-refractivity contribution is -0.134. The molecule has 1 fully saturated rings. The molecule has 1 spiro atoms. The van der Waals surface area contributed by atoms with Crippen molar-refractivity contribution < 1.29 is 30.0 Å². The first-order valence-electron chi connectivity index (χ1n) is 12.1. The number of nitrogens with zero attached hydrogens (tertiary/aromatic N) is 2. The Balaban J connectivity index is 0.00000124. The topological polar surface area (TPSA) is 134 Å². The normalized spacial score (nSPS) is 25.3. The summed E-state index contributed by atoms with van der Waals surface area (Å²) in [6.07, 6.45) is -0.118. The third-order valence-electron chi connectivity index (χ3n) is 7.52. The summed E-state index contributed by atoms with van der Waals surface area (Å²) in [5.74, 6) is -0.119. The number of amides is 2. The van der Waals surface area contributed by atoms with Crippen molar-refractivity contribution in [2.45, 2.75) is 56.2 Å². The molecule has 3 atom stereocenters. The Morgan fingerprint density at radius 2 is 1.81 bits per heavy atom. The lowest BCUT2D eigenvalue weighted by atomic mass is 9.49. The van der Waals surface area contributed by atoms with Crippen molar-refractivity contribution in [3.8, 4) is 0 Å². The predicted molar refractivity (Wildman–Crippen MR) is 146 cm³/mol. The van der Waals surface area contributed by atoms with Gasteiger partial charge in [0.05, 0.1) is 16.5 Å². The van der Waals surface area contributed by atoms with E-state index >= 15 is 0 Å². The monoisotopic (exact) mass is 577 g/mol. The fourth-order valence-electron chi connectivity index (χ4n) is 6.55. The van der Waals surface area contributed by atoms with Gasteiger partial charge in [-0.15, -0.1) is 0 Å². The van der Waals surface area contributed by atoms with Crippen molar-refractivity contribution >= 4 is 39.3 Å². The fourth-order valence-corrected chi connectivity index (χ4v) is 7.26. The van der Waals surface area contributed by atoms with Crippen molar-refractivity contribution in [1.29, 1.82) is 0 Å². The van der Waals surface area contributed by atoms with Crippen molar-refractivity contribution in [1.82, 2.24) is 5.32 Å². The lowest BCUT2D eigenvalue weighted by Crippen LogP contribution is -2.74. The molecular weight excluding hydrogens is 542 g/mol. The molecule has 3 heterocycles. The quantitative estimate of drug-likeness (QED) is 0.502. The number of anilines is 2. The number of aliphatic hydroxyl groups is 2. The SMILES string of the molecule is CN1c2cccc(Br)c2[C@]23CCNC(=O)[C@]2(CCO)c2ccccc2N(C(=O)OC(C)(C)C)[C@H]13.CO.O. The second-order valence-electron chi connectivity index (χ2n) is 10.3. The van der Waals surface area contributed by atoms with Gasteiger partial charge < -0.3 is 30.6 Å². The summed E-state index contributed by atoms with van der Waals surface area (Å²) in [5.41, 5.74) is 0.773. The molecule has 0 aromatic heterocycles. The Morgan fingerprint density at radius 3 is 2.46 bits per heavy atom. The Bertz CT molecular complexity index is 1180. The molecule has 10 heteroatoms. The Labute approximate surface area is 225 Å². The maximum absolute atomic E-state index is 14.0. The van der Waals surface area contributed by atoms with Crippen LogP contribution in [-0.4, -0.2) is 66.8 Å². The molecule has 2 aromatic rings. The highest BCUT2D eigenvalue weighted by Crippen LogP contribution is 2.66. The Kier molecular flexibility index (Phi) is 8.00. The molecule has 0 saturated carbocycles. The van der Waals surface area contributed by atoms with Crippen LogP contribution in [0.2, 0.25) is 0 Å². The average molecular weight is 579 g/mol. The van der Waals surface area contributed by atoms with Crippen molar-refractivity contribution in [3.63, 3.8) is 0 Å². The summed E-state index contributed by atoms with van der Waals surface area (Å²) in [5, 5.41) is 20.4. The molecule has 2 aromatic carbocycles. The van der Waals surface area contributed by atoms with Gasteiger partial charge in [-0.2, -0.15) is 0 Å². The summed E-state index contributed by atoms with van der Waals surface area (Å²) in [6.45, 7) is 5.87. The number of carbonyl (C=O) groups is 2. The number of piperidine rings is 1. The predicted octanol–water partition coefficient (Wildman–Crippen LogP) is 2.84. The molecule has 5 N–H and O–H groups in total. The van der Waals surface area contributed by atoms with Gasteiger partial charge in [-0.3, -0.25) is 9.69 Å². The van der Waals surface area contributed by atoms with Gasteiger partial charge in [-0.25, -0.2) is 4.79 Å². The number of halogens is 1. The summed E-state index contributed by atoms with van der Waals surface area (Å²) < 4.78 is 6.80. The van der Waals surface area contributed by atoms with Gasteiger partial charge in [-0.1, -0.05) is 40.2 Å². The van der Waals surface area contributed by atoms with E-state index in [0.29, 0.717) is 18.7 Å². The third-order valence-corrected chi connectivity index (χ3v) is 8.19. The first kappa shape index (κ1) is 28.9. The van der Waals surface area contributed by atoms with Gasteiger partial charge in [0.15, 0.2) is 0 Å². The van der Waals surface area contributed by atoms with Crippen LogP contribution in [0.3, 0.4) is 0 Å². The van der Waals surface area contributed by atoms with Gasteiger partial charge in [0, 0.05) is 43.0 Å². The summed E-state index contributed by atoms with van der Waals surface area (Å²) in [4.78, 5) is 31.6. The third kappa shape index (κ3) is 3.93. The van der Waals surface area contributed by atoms with Crippen LogP contribution < -0.4 is 15.1 Å². The second-order valence-corrected chi connectivity index (χ2v) is 11.2. The van der Waals surface area contributed by atoms with E-state index in [1.54, 1.807) is 4.90 Å². The van der Waals surface area contributed by atoms with Crippen molar-refractivity contribution in [3.05, 3.63) is 58.1 Å². The van der Waals surface area contributed by atoms with Crippen LogP contribution >= 0.6 is 15.9 Å². The number of carbonyl (C=O) groups excluding carboxylic acids is 2. The summed E-state index contributed by atoms with van der Waals surface area (Å²) in [6, 6.07) is 13.5. The van der Waals surface area contributed by atoms with E-state index in [4.69, 9.17) is 9.84 Å². The molecule has 0 unspecified atom stereocenters. The average Bonchev–Trinajstić information content (AvgIpc) is 3.08. The number of nitrogens with one attached hydrogen (secondary N) is 1. The fraction of sp³-hybridized carbons (Fsp3) is 0.481. The zero-order valence-electron chi connectivity index (χ0n) is 21.8. The highest BCUT2D eigenvalue weighted by Gasteiger charge is 2.72. The zero-order chi connectivity index (χ0) is 26.5. The molecule has 0 bridgehead atoms. The van der Waals surface area contributed by atoms with Crippen LogP contribution in [0.5, 0.6) is 0 Å². The smallest absolute Gasteiger partial charge is 0.416 e.